The third-order valence-electron chi connectivity index (χ3n) is 4.09. The van der Waals surface area contributed by atoms with Gasteiger partial charge in [0.25, 0.3) is 0 Å². The van der Waals surface area contributed by atoms with Crippen LogP contribution in [0.15, 0.2) is 30.6 Å². The second-order valence-electron chi connectivity index (χ2n) is 5.94. The molecule has 2 aromatic rings. The number of anilines is 2. The lowest BCUT2D eigenvalue weighted by Crippen LogP contribution is -2.42. The highest BCUT2D eigenvalue weighted by molar-refractivity contribution is 5.67. The smallest absolute Gasteiger partial charge is 0.409 e. The molecule has 0 aromatic carbocycles. The number of aromatic nitrogens is 4. The zero-order valence-electron chi connectivity index (χ0n) is 14.8. The molecule has 26 heavy (non-hydrogen) atoms. The molecular weight excluding hydrogens is 334 g/mol. The van der Waals surface area contributed by atoms with Crippen LogP contribution >= 0.6 is 0 Å². The molecular formula is C17H23N7O2. The van der Waals surface area contributed by atoms with E-state index in [1.807, 2.05) is 25.1 Å². The number of nitrogens with zero attached hydrogens (tertiary/aromatic N) is 5. The van der Waals surface area contributed by atoms with Gasteiger partial charge in [-0.1, -0.05) is 6.07 Å². The van der Waals surface area contributed by atoms with E-state index in [4.69, 9.17) is 4.74 Å². The molecule has 2 N–H and O–H groups in total. The molecule has 3 heterocycles. The molecule has 1 saturated heterocycles. The quantitative estimate of drug-likeness (QED) is 0.808. The highest BCUT2D eigenvalue weighted by Crippen LogP contribution is 2.15. The summed E-state index contributed by atoms with van der Waals surface area (Å²) in [5.74, 6) is 1.11. The maximum absolute atomic E-state index is 11.7. The minimum absolute atomic E-state index is 0.202. The lowest BCUT2D eigenvalue weighted by molar-refractivity contribution is 0.0983. The number of ether oxygens (including phenoxy) is 1. The van der Waals surface area contributed by atoms with Gasteiger partial charge >= 0.3 is 6.09 Å². The van der Waals surface area contributed by atoms with Crippen molar-refractivity contribution in [1.29, 1.82) is 0 Å². The summed E-state index contributed by atoms with van der Waals surface area (Å²) in [4.78, 5) is 22.2. The van der Waals surface area contributed by atoms with Crippen molar-refractivity contribution in [2.24, 2.45) is 0 Å². The Bertz CT molecular complexity index is 705. The maximum Gasteiger partial charge on any atom is 0.409 e. The van der Waals surface area contributed by atoms with Crippen LogP contribution in [0.25, 0.3) is 0 Å². The predicted octanol–water partition coefficient (Wildman–Crippen LogP) is 1.91. The molecule has 0 spiro atoms. The number of carbonyl (C=O) groups is 1. The Kier molecular flexibility index (Phi) is 6.13. The van der Waals surface area contributed by atoms with E-state index in [9.17, 15) is 4.79 Å². The van der Waals surface area contributed by atoms with Crippen molar-refractivity contribution in [3.63, 3.8) is 0 Å². The summed E-state index contributed by atoms with van der Waals surface area (Å²) in [5.41, 5.74) is 0.923. The number of carbonyl (C=O) groups excluding carboxylic acids is 1. The average molecular weight is 357 g/mol. The van der Waals surface area contributed by atoms with Gasteiger partial charge in [-0.05, 0) is 31.9 Å². The first kappa shape index (κ1) is 17.8. The Morgan fingerprint density at radius 3 is 2.92 bits per heavy atom. The molecule has 0 radical (unpaired) electrons. The van der Waals surface area contributed by atoms with Crippen molar-refractivity contribution < 1.29 is 9.53 Å². The van der Waals surface area contributed by atoms with Gasteiger partial charge in [0.15, 0.2) is 5.82 Å². The van der Waals surface area contributed by atoms with Gasteiger partial charge in [0.1, 0.15) is 0 Å². The molecule has 0 unspecified atom stereocenters. The van der Waals surface area contributed by atoms with Crippen molar-refractivity contribution in [1.82, 2.24) is 25.1 Å². The first-order chi connectivity index (χ1) is 12.7. The van der Waals surface area contributed by atoms with Crippen LogP contribution in [0.4, 0.5) is 16.6 Å². The lowest BCUT2D eigenvalue weighted by atomic mass is 10.1. The second-order valence-corrected chi connectivity index (χ2v) is 5.94. The molecule has 138 valence electrons. The van der Waals surface area contributed by atoms with Gasteiger partial charge in [-0.25, -0.2) is 4.79 Å². The number of rotatable bonds is 6. The molecule has 0 atom stereocenters. The Labute approximate surface area is 152 Å². The average Bonchev–Trinajstić information content (AvgIpc) is 2.68. The summed E-state index contributed by atoms with van der Waals surface area (Å²) in [6.45, 7) is 4.08. The van der Waals surface area contributed by atoms with E-state index in [-0.39, 0.29) is 12.1 Å². The fourth-order valence-corrected chi connectivity index (χ4v) is 2.74. The summed E-state index contributed by atoms with van der Waals surface area (Å²) in [7, 11) is 0. The van der Waals surface area contributed by atoms with Gasteiger partial charge in [-0.15, -0.1) is 5.10 Å². The highest BCUT2D eigenvalue weighted by Gasteiger charge is 2.24. The number of hydrogen-bond donors (Lipinski definition) is 2. The zero-order chi connectivity index (χ0) is 18.2. The van der Waals surface area contributed by atoms with Gasteiger partial charge in [0.05, 0.1) is 25.0 Å². The molecule has 0 aliphatic carbocycles. The number of likely N-dealkylation sites (tertiary alicyclic amines) is 1. The number of amides is 1. The largest absolute Gasteiger partial charge is 0.450 e. The number of hydrogen-bond acceptors (Lipinski definition) is 8. The fraction of sp³-hybridized carbons (Fsp3) is 0.471. The molecule has 2 aromatic heterocycles. The summed E-state index contributed by atoms with van der Waals surface area (Å²) >= 11 is 0. The summed E-state index contributed by atoms with van der Waals surface area (Å²) in [5, 5.41) is 14.5. The van der Waals surface area contributed by atoms with Crippen LogP contribution in [0.1, 0.15) is 25.5 Å². The molecule has 1 amide bonds. The van der Waals surface area contributed by atoms with Gasteiger partial charge < -0.3 is 20.3 Å². The summed E-state index contributed by atoms with van der Waals surface area (Å²) < 4.78 is 5.03. The van der Waals surface area contributed by atoms with Crippen LogP contribution in [-0.4, -0.2) is 56.9 Å². The van der Waals surface area contributed by atoms with E-state index >= 15 is 0 Å². The van der Waals surface area contributed by atoms with E-state index in [1.54, 1.807) is 17.3 Å². The van der Waals surface area contributed by atoms with Crippen molar-refractivity contribution >= 4 is 17.9 Å². The molecule has 0 bridgehead atoms. The Morgan fingerprint density at radius 1 is 1.35 bits per heavy atom. The van der Waals surface area contributed by atoms with Crippen LogP contribution in [0.5, 0.6) is 0 Å². The third kappa shape index (κ3) is 5.01. The van der Waals surface area contributed by atoms with Crippen LogP contribution in [0.2, 0.25) is 0 Å². The highest BCUT2D eigenvalue weighted by atomic mass is 16.6. The number of nitrogens with one attached hydrogen (secondary N) is 2. The topological polar surface area (TPSA) is 105 Å². The van der Waals surface area contributed by atoms with Gasteiger partial charge in [-0.2, -0.15) is 10.1 Å². The fourth-order valence-electron chi connectivity index (χ4n) is 2.74. The third-order valence-corrected chi connectivity index (χ3v) is 4.09. The van der Waals surface area contributed by atoms with Crippen molar-refractivity contribution in [2.45, 2.75) is 32.4 Å². The minimum atomic E-state index is -0.246. The van der Waals surface area contributed by atoms with Crippen LogP contribution < -0.4 is 10.6 Å². The maximum atomic E-state index is 11.7. The predicted molar refractivity (Wildman–Crippen MR) is 96.6 cm³/mol. The number of pyridine rings is 1. The van der Waals surface area contributed by atoms with E-state index in [0.29, 0.717) is 38.0 Å². The molecule has 1 aliphatic rings. The van der Waals surface area contributed by atoms with Crippen molar-refractivity contribution in [3.05, 3.63) is 36.3 Å². The SMILES string of the molecule is CCOC(=O)N1CCC(Nc2nncc(NCc3ccccn3)n2)CC1. The van der Waals surface area contributed by atoms with Gasteiger partial charge in [0, 0.05) is 25.3 Å². The lowest BCUT2D eigenvalue weighted by Gasteiger charge is -2.31. The van der Waals surface area contributed by atoms with Gasteiger partial charge in [0.2, 0.25) is 5.95 Å². The van der Waals surface area contributed by atoms with Crippen LogP contribution in [0, 0.1) is 0 Å². The van der Waals surface area contributed by atoms with Crippen molar-refractivity contribution in [3.8, 4) is 0 Å². The second kappa shape index (κ2) is 8.93. The van der Waals surface area contributed by atoms with E-state index in [2.05, 4.69) is 30.8 Å². The molecule has 1 aliphatic heterocycles. The normalized spacial score (nSPS) is 14.7. The van der Waals surface area contributed by atoms with Gasteiger partial charge in [-0.3, -0.25) is 4.98 Å². The van der Waals surface area contributed by atoms with Crippen molar-refractivity contribution in [2.75, 3.05) is 30.3 Å². The summed E-state index contributed by atoms with van der Waals surface area (Å²) in [6, 6.07) is 5.97. The van der Waals surface area contributed by atoms with E-state index in [1.165, 1.54) is 0 Å². The van der Waals surface area contributed by atoms with Crippen LogP contribution in [0.3, 0.4) is 0 Å². The van der Waals surface area contributed by atoms with Crippen LogP contribution in [-0.2, 0) is 11.3 Å². The first-order valence-electron chi connectivity index (χ1n) is 8.76. The molecule has 1 fully saturated rings. The Balaban J connectivity index is 1.49. The minimum Gasteiger partial charge on any atom is -0.450 e. The Morgan fingerprint density at radius 2 is 2.19 bits per heavy atom. The van der Waals surface area contributed by atoms with E-state index < -0.39 is 0 Å². The Hall–Kier alpha value is -2.97. The summed E-state index contributed by atoms with van der Waals surface area (Å²) in [6.07, 6.45) is 4.72. The molecule has 3 rings (SSSR count). The number of piperidine rings is 1. The zero-order valence-corrected chi connectivity index (χ0v) is 14.8. The van der Waals surface area contributed by atoms with E-state index in [0.717, 1.165) is 18.5 Å². The standard InChI is InChI=1S/C17H23N7O2/c1-2-26-17(25)24-9-6-13(7-10-24)21-16-22-15(12-20-23-16)19-11-14-5-3-4-8-18-14/h3-5,8,12-13H,2,6-7,9-11H2,1H3,(H2,19,21,22,23). The molecule has 9 heteroatoms. The molecule has 9 nitrogen and oxygen atoms in total. The first-order valence-corrected chi connectivity index (χ1v) is 8.76. The molecule has 0 saturated carbocycles. The monoisotopic (exact) mass is 357 g/mol.